The Balaban J connectivity index is 2.48. The van der Waals surface area contributed by atoms with Crippen molar-refractivity contribution in [2.45, 2.75) is 12.3 Å². The maximum atomic E-state index is 11.5. The molecule has 0 unspecified atom stereocenters. The van der Waals surface area contributed by atoms with E-state index in [9.17, 15) is 14.9 Å². The quantitative estimate of drug-likeness (QED) is 0.453. The van der Waals surface area contributed by atoms with Crippen LogP contribution in [0.4, 0.5) is 5.69 Å². The fourth-order valence-corrected chi connectivity index (χ4v) is 1.88. The molecule has 1 atom stereocenters. The van der Waals surface area contributed by atoms with Crippen LogP contribution in [0.5, 0.6) is 5.75 Å². The Bertz CT molecular complexity index is 471. The first kappa shape index (κ1) is 11.4. The van der Waals surface area contributed by atoms with E-state index in [0.717, 1.165) is 0 Å². The number of hydrogen-bond acceptors (Lipinski definition) is 5. The standard InChI is InChI=1S/C11H11NO5/c1-16-7-2-3-10(12(14)15)9(6-7)8-4-5-17-11(8)13/h2-3,6,8H,4-5H2,1H3/t8-/m1/s1. The zero-order chi connectivity index (χ0) is 12.4. The summed E-state index contributed by atoms with van der Waals surface area (Å²) >= 11 is 0. The van der Waals surface area contributed by atoms with Crippen LogP contribution < -0.4 is 4.74 Å². The van der Waals surface area contributed by atoms with Crippen molar-refractivity contribution in [3.63, 3.8) is 0 Å². The molecule has 1 saturated heterocycles. The summed E-state index contributed by atoms with van der Waals surface area (Å²) in [5.74, 6) is -0.489. The highest BCUT2D eigenvalue weighted by Crippen LogP contribution is 2.35. The van der Waals surface area contributed by atoms with Gasteiger partial charge in [0.15, 0.2) is 0 Å². The Labute approximate surface area is 97.3 Å². The molecule has 0 bridgehead atoms. The third-order valence-corrected chi connectivity index (χ3v) is 2.74. The molecular formula is C11H11NO5. The number of rotatable bonds is 3. The fraction of sp³-hybridized carbons (Fsp3) is 0.364. The number of nitro groups is 1. The minimum atomic E-state index is -0.564. The van der Waals surface area contributed by atoms with Crippen LogP contribution in [-0.4, -0.2) is 24.6 Å². The van der Waals surface area contributed by atoms with E-state index in [0.29, 0.717) is 24.3 Å². The molecule has 0 N–H and O–H groups in total. The third kappa shape index (κ3) is 2.06. The van der Waals surface area contributed by atoms with Gasteiger partial charge in [-0.25, -0.2) is 0 Å². The number of ether oxygens (including phenoxy) is 2. The summed E-state index contributed by atoms with van der Waals surface area (Å²) in [7, 11) is 1.47. The topological polar surface area (TPSA) is 78.7 Å². The molecule has 1 fully saturated rings. The van der Waals surface area contributed by atoms with Gasteiger partial charge in [0.2, 0.25) is 0 Å². The average molecular weight is 237 g/mol. The second kappa shape index (κ2) is 4.40. The van der Waals surface area contributed by atoms with E-state index in [1.165, 1.54) is 25.3 Å². The van der Waals surface area contributed by atoms with Gasteiger partial charge >= 0.3 is 5.97 Å². The summed E-state index contributed by atoms with van der Waals surface area (Å²) in [6.45, 7) is 0.303. The van der Waals surface area contributed by atoms with E-state index in [1.54, 1.807) is 0 Å². The van der Waals surface area contributed by atoms with Crippen LogP contribution in [0.2, 0.25) is 0 Å². The fourth-order valence-electron chi connectivity index (χ4n) is 1.88. The lowest BCUT2D eigenvalue weighted by Gasteiger charge is -2.08. The molecule has 17 heavy (non-hydrogen) atoms. The Hall–Kier alpha value is -2.11. The minimum Gasteiger partial charge on any atom is -0.497 e. The highest BCUT2D eigenvalue weighted by Gasteiger charge is 2.33. The van der Waals surface area contributed by atoms with Crippen LogP contribution in [-0.2, 0) is 9.53 Å². The van der Waals surface area contributed by atoms with Gasteiger partial charge in [0.1, 0.15) is 5.75 Å². The molecule has 6 nitrogen and oxygen atoms in total. The zero-order valence-corrected chi connectivity index (χ0v) is 9.21. The molecule has 1 heterocycles. The minimum absolute atomic E-state index is 0.0744. The number of methoxy groups -OCH3 is 1. The molecule has 1 aromatic rings. The maximum absolute atomic E-state index is 11.5. The van der Waals surface area contributed by atoms with Gasteiger partial charge in [-0.1, -0.05) is 0 Å². The van der Waals surface area contributed by atoms with Gasteiger partial charge < -0.3 is 9.47 Å². The molecule has 0 spiro atoms. The van der Waals surface area contributed by atoms with Crippen LogP contribution in [0.15, 0.2) is 18.2 Å². The van der Waals surface area contributed by atoms with Gasteiger partial charge in [-0.15, -0.1) is 0 Å². The van der Waals surface area contributed by atoms with Crippen molar-refractivity contribution >= 4 is 11.7 Å². The van der Waals surface area contributed by atoms with E-state index in [4.69, 9.17) is 9.47 Å². The average Bonchev–Trinajstić information content (AvgIpc) is 2.74. The third-order valence-electron chi connectivity index (χ3n) is 2.74. The number of nitro benzene ring substituents is 1. The lowest BCUT2D eigenvalue weighted by atomic mass is 9.96. The normalized spacial score (nSPS) is 18.9. The van der Waals surface area contributed by atoms with Crippen molar-refractivity contribution in [3.8, 4) is 5.75 Å². The summed E-state index contributed by atoms with van der Waals surface area (Å²) in [6, 6.07) is 4.37. The molecule has 0 saturated carbocycles. The first-order valence-electron chi connectivity index (χ1n) is 5.12. The highest BCUT2D eigenvalue weighted by atomic mass is 16.6. The summed E-state index contributed by atoms with van der Waals surface area (Å²) in [5.41, 5.74) is 0.284. The second-order valence-electron chi connectivity index (χ2n) is 3.69. The molecule has 1 aliphatic heterocycles. The van der Waals surface area contributed by atoms with E-state index < -0.39 is 16.8 Å². The van der Waals surface area contributed by atoms with Crippen LogP contribution in [0, 0.1) is 10.1 Å². The lowest BCUT2D eigenvalue weighted by Crippen LogP contribution is -2.08. The molecule has 0 aliphatic carbocycles. The Morgan fingerprint density at radius 3 is 2.82 bits per heavy atom. The van der Waals surface area contributed by atoms with E-state index in [1.807, 2.05) is 0 Å². The molecular weight excluding hydrogens is 226 g/mol. The largest absolute Gasteiger partial charge is 0.497 e. The Morgan fingerprint density at radius 1 is 1.53 bits per heavy atom. The van der Waals surface area contributed by atoms with Crippen molar-refractivity contribution in [2.24, 2.45) is 0 Å². The van der Waals surface area contributed by atoms with Gasteiger partial charge in [-0.2, -0.15) is 0 Å². The summed E-state index contributed by atoms with van der Waals surface area (Å²) < 4.78 is 9.84. The van der Waals surface area contributed by atoms with E-state index >= 15 is 0 Å². The smallest absolute Gasteiger partial charge is 0.313 e. The van der Waals surface area contributed by atoms with Crippen LogP contribution >= 0.6 is 0 Å². The van der Waals surface area contributed by atoms with Gasteiger partial charge in [0.05, 0.1) is 24.6 Å². The number of hydrogen-bond donors (Lipinski definition) is 0. The Kier molecular flexibility index (Phi) is 2.95. The number of cyclic esters (lactones) is 1. The highest BCUT2D eigenvalue weighted by molar-refractivity contribution is 5.81. The Morgan fingerprint density at radius 2 is 2.29 bits per heavy atom. The molecule has 1 aliphatic rings. The molecule has 6 heteroatoms. The van der Waals surface area contributed by atoms with Crippen LogP contribution in [0.25, 0.3) is 0 Å². The molecule has 0 amide bonds. The van der Waals surface area contributed by atoms with E-state index in [-0.39, 0.29) is 5.69 Å². The van der Waals surface area contributed by atoms with Crippen molar-refractivity contribution < 1.29 is 19.2 Å². The zero-order valence-electron chi connectivity index (χ0n) is 9.21. The number of benzene rings is 1. The number of esters is 1. The van der Waals surface area contributed by atoms with E-state index in [2.05, 4.69) is 0 Å². The molecule has 1 aromatic carbocycles. The monoisotopic (exact) mass is 237 g/mol. The van der Waals surface area contributed by atoms with Gasteiger partial charge in [-0.05, 0) is 18.6 Å². The number of carbonyl (C=O) groups is 1. The summed E-state index contributed by atoms with van der Waals surface area (Å²) in [6.07, 6.45) is 0.465. The van der Waals surface area contributed by atoms with Crippen molar-refractivity contribution in [3.05, 3.63) is 33.9 Å². The molecule has 0 radical (unpaired) electrons. The lowest BCUT2D eigenvalue weighted by molar-refractivity contribution is -0.385. The first-order valence-corrected chi connectivity index (χ1v) is 5.12. The summed E-state index contributed by atoms with van der Waals surface area (Å²) in [4.78, 5) is 21.9. The summed E-state index contributed by atoms with van der Waals surface area (Å²) in [5, 5.41) is 10.9. The van der Waals surface area contributed by atoms with Crippen LogP contribution in [0.1, 0.15) is 17.9 Å². The molecule has 90 valence electrons. The first-order chi connectivity index (χ1) is 8.13. The predicted molar refractivity (Wildman–Crippen MR) is 58.0 cm³/mol. The van der Waals surface area contributed by atoms with Gasteiger partial charge in [-0.3, -0.25) is 14.9 Å². The van der Waals surface area contributed by atoms with Crippen molar-refractivity contribution in [1.29, 1.82) is 0 Å². The SMILES string of the molecule is COc1ccc([N+](=O)[O-])c([C@H]2CCOC2=O)c1. The molecule has 2 rings (SSSR count). The number of carbonyl (C=O) groups excluding carboxylic acids is 1. The second-order valence-corrected chi connectivity index (χ2v) is 3.69. The van der Waals surface area contributed by atoms with Gasteiger partial charge in [0.25, 0.3) is 5.69 Å². The molecule has 0 aromatic heterocycles. The van der Waals surface area contributed by atoms with Crippen LogP contribution in [0.3, 0.4) is 0 Å². The van der Waals surface area contributed by atoms with Crippen molar-refractivity contribution in [1.82, 2.24) is 0 Å². The van der Waals surface area contributed by atoms with Gasteiger partial charge in [0, 0.05) is 11.6 Å². The van der Waals surface area contributed by atoms with Crippen molar-refractivity contribution in [2.75, 3.05) is 13.7 Å². The maximum Gasteiger partial charge on any atom is 0.313 e. The number of nitrogens with zero attached hydrogens (tertiary/aromatic N) is 1. The predicted octanol–water partition coefficient (Wildman–Crippen LogP) is 1.63.